The van der Waals surface area contributed by atoms with E-state index in [1.165, 1.54) is 0 Å². The van der Waals surface area contributed by atoms with E-state index in [1.54, 1.807) is 13.2 Å². The van der Waals surface area contributed by atoms with Crippen LogP contribution in [0.4, 0.5) is 5.82 Å². The number of anilines is 1. The summed E-state index contributed by atoms with van der Waals surface area (Å²) in [4.78, 5) is 8.37. The molecule has 112 valence electrons. The number of aliphatic hydroxyl groups is 1. The number of nitrogens with one attached hydrogen (secondary N) is 1. The molecular formula is C14H18N4O3. The molecule has 7 nitrogen and oxygen atoms in total. The molecule has 0 amide bonds. The van der Waals surface area contributed by atoms with E-state index < -0.39 is 0 Å². The van der Waals surface area contributed by atoms with E-state index in [2.05, 4.69) is 15.4 Å². The molecule has 0 aliphatic rings. The summed E-state index contributed by atoms with van der Waals surface area (Å²) in [6.45, 7) is 0.388. The summed E-state index contributed by atoms with van der Waals surface area (Å²) in [6.07, 6.45) is 0.618. The molecule has 0 saturated heterocycles. The number of hydrogen-bond donors (Lipinski definition) is 3. The minimum Gasteiger partial charge on any atom is -0.439 e. The first-order chi connectivity index (χ1) is 10.2. The molecule has 0 aliphatic heterocycles. The van der Waals surface area contributed by atoms with Crippen molar-refractivity contribution in [1.82, 2.24) is 9.97 Å². The Hall–Kier alpha value is -2.22. The fourth-order valence-electron chi connectivity index (χ4n) is 1.77. The molecule has 0 unspecified atom stereocenters. The summed E-state index contributed by atoms with van der Waals surface area (Å²) >= 11 is 0. The lowest BCUT2D eigenvalue weighted by atomic mass is 10.1. The minimum absolute atomic E-state index is 0.123. The Labute approximate surface area is 122 Å². The Morgan fingerprint density at radius 2 is 2.00 bits per heavy atom. The Balaban J connectivity index is 2.15. The van der Waals surface area contributed by atoms with Crippen LogP contribution in [0.2, 0.25) is 0 Å². The van der Waals surface area contributed by atoms with E-state index in [0.29, 0.717) is 29.7 Å². The van der Waals surface area contributed by atoms with Crippen molar-refractivity contribution >= 4 is 5.82 Å². The molecule has 2 aromatic rings. The maximum atomic E-state index is 8.88. The predicted octanol–water partition coefficient (Wildman–Crippen LogP) is 1.24. The average Bonchev–Trinajstić information content (AvgIpc) is 2.49. The molecule has 2 rings (SSSR count). The number of hydrogen-bond acceptors (Lipinski definition) is 7. The summed E-state index contributed by atoms with van der Waals surface area (Å²) in [5.41, 5.74) is 3.50. The number of rotatable bonds is 7. The molecule has 7 heteroatoms. The molecule has 1 aromatic carbocycles. The first-order valence-electron chi connectivity index (χ1n) is 6.46. The summed E-state index contributed by atoms with van der Waals surface area (Å²) in [6, 6.07) is 9.02. The Bertz CT molecular complexity index is 575. The number of nitrogens with two attached hydrogens (primary N) is 1. The summed E-state index contributed by atoms with van der Waals surface area (Å²) in [7, 11) is 1.56. The molecule has 1 heterocycles. The van der Waals surface area contributed by atoms with E-state index >= 15 is 0 Å². The van der Waals surface area contributed by atoms with Crippen molar-refractivity contribution in [3.8, 4) is 11.6 Å². The van der Waals surface area contributed by atoms with Gasteiger partial charge in [0.1, 0.15) is 18.2 Å². The van der Waals surface area contributed by atoms with E-state index in [0.717, 1.165) is 5.56 Å². The fourth-order valence-corrected chi connectivity index (χ4v) is 1.77. The third-order valence-corrected chi connectivity index (χ3v) is 2.72. The van der Waals surface area contributed by atoms with Gasteiger partial charge in [0.15, 0.2) is 5.82 Å². The zero-order chi connectivity index (χ0) is 15.1. The second-order valence-electron chi connectivity index (χ2n) is 4.30. The molecule has 0 bridgehead atoms. The number of aliphatic hydroxyl groups excluding tert-OH is 1. The molecule has 21 heavy (non-hydrogen) atoms. The minimum atomic E-state index is 0.123. The quantitative estimate of drug-likeness (QED) is 0.520. The topological polar surface area (TPSA) is 103 Å². The van der Waals surface area contributed by atoms with E-state index in [4.69, 9.17) is 20.4 Å². The number of methoxy groups -OCH3 is 1. The third kappa shape index (κ3) is 4.38. The Kier molecular flexibility index (Phi) is 5.44. The van der Waals surface area contributed by atoms with Gasteiger partial charge in [-0.1, -0.05) is 12.1 Å². The smallest absolute Gasteiger partial charge is 0.224 e. The second kappa shape index (κ2) is 7.53. The monoisotopic (exact) mass is 290 g/mol. The van der Waals surface area contributed by atoms with Gasteiger partial charge in [-0.2, -0.15) is 4.98 Å². The van der Waals surface area contributed by atoms with Crippen LogP contribution in [-0.2, 0) is 17.8 Å². The summed E-state index contributed by atoms with van der Waals surface area (Å²) in [5.74, 6) is 7.31. The maximum Gasteiger partial charge on any atom is 0.224 e. The highest BCUT2D eigenvalue weighted by Crippen LogP contribution is 2.22. The van der Waals surface area contributed by atoms with Crippen molar-refractivity contribution in [1.29, 1.82) is 0 Å². The van der Waals surface area contributed by atoms with Crippen molar-refractivity contribution in [2.75, 3.05) is 19.1 Å². The normalized spacial score (nSPS) is 10.4. The lowest BCUT2D eigenvalue weighted by Crippen LogP contribution is -2.11. The number of hydrazine groups is 1. The maximum absolute atomic E-state index is 8.88. The van der Waals surface area contributed by atoms with Crippen molar-refractivity contribution in [3.05, 3.63) is 41.7 Å². The highest BCUT2D eigenvalue weighted by atomic mass is 16.5. The standard InChI is InChI=1S/C14H18N4O3/c1-20-9-13-16-12(18-15)8-14(17-13)21-11-4-2-10(3-5-11)6-7-19/h2-5,8,19H,6-7,9,15H2,1H3,(H,16,17,18). The second-order valence-corrected chi connectivity index (χ2v) is 4.30. The van der Waals surface area contributed by atoms with Crippen LogP contribution in [0, 0.1) is 0 Å². The lowest BCUT2D eigenvalue weighted by molar-refractivity contribution is 0.177. The van der Waals surface area contributed by atoms with E-state index in [1.807, 2.05) is 24.3 Å². The first-order valence-corrected chi connectivity index (χ1v) is 6.46. The highest BCUT2D eigenvalue weighted by molar-refractivity contribution is 5.39. The Morgan fingerprint density at radius 1 is 1.24 bits per heavy atom. The van der Waals surface area contributed by atoms with Crippen molar-refractivity contribution in [2.45, 2.75) is 13.0 Å². The third-order valence-electron chi connectivity index (χ3n) is 2.72. The van der Waals surface area contributed by atoms with Crippen LogP contribution >= 0.6 is 0 Å². The van der Waals surface area contributed by atoms with Gasteiger partial charge >= 0.3 is 0 Å². The Morgan fingerprint density at radius 3 is 2.62 bits per heavy atom. The van der Waals surface area contributed by atoms with Crippen LogP contribution in [0.3, 0.4) is 0 Å². The van der Waals surface area contributed by atoms with Crippen molar-refractivity contribution in [3.63, 3.8) is 0 Å². The molecule has 4 N–H and O–H groups in total. The van der Waals surface area contributed by atoms with Gasteiger partial charge in [0.2, 0.25) is 5.88 Å². The van der Waals surface area contributed by atoms with Crippen molar-refractivity contribution < 1.29 is 14.6 Å². The molecule has 0 saturated carbocycles. The molecule has 0 radical (unpaired) electrons. The van der Waals surface area contributed by atoms with Crippen LogP contribution in [0.5, 0.6) is 11.6 Å². The number of aromatic nitrogens is 2. The molecule has 0 fully saturated rings. The SMILES string of the molecule is COCc1nc(NN)cc(Oc2ccc(CCO)cc2)n1. The predicted molar refractivity (Wildman–Crippen MR) is 77.9 cm³/mol. The molecule has 0 aliphatic carbocycles. The van der Waals surface area contributed by atoms with Crippen molar-refractivity contribution in [2.24, 2.45) is 5.84 Å². The van der Waals surface area contributed by atoms with E-state index in [-0.39, 0.29) is 13.2 Å². The zero-order valence-electron chi connectivity index (χ0n) is 11.7. The van der Waals surface area contributed by atoms with Gasteiger partial charge in [-0.15, -0.1) is 0 Å². The lowest BCUT2D eigenvalue weighted by Gasteiger charge is -2.09. The van der Waals surface area contributed by atoms with Gasteiger partial charge in [-0.05, 0) is 24.1 Å². The first kappa shape index (κ1) is 15.2. The number of benzene rings is 1. The van der Waals surface area contributed by atoms with Crippen LogP contribution in [0.15, 0.2) is 30.3 Å². The van der Waals surface area contributed by atoms with Gasteiger partial charge in [0, 0.05) is 19.8 Å². The van der Waals surface area contributed by atoms with Crippen LogP contribution < -0.4 is 16.0 Å². The van der Waals surface area contributed by atoms with Gasteiger partial charge in [-0.25, -0.2) is 10.8 Å². The number of nitrogen functional groups attached to an aromatic ring is 1. The molecule has 0 spiro atoms. The average molecular weight is 290 g/mol. The fraction of sp³-hybridized carbons (Fsp3) is 0.286. The van der Waals surface area contributed by atoms with Crippen LogP contribution in [0.25, 0.3) is 0 Å². The number of ether oxygens (including phenoxy) is 2. The molecular weight excluding hydrogens is 272 g/mol. The van der Waals surface area contributed by atoms with Gasteiger partial charge < -0.3 is 20.0 Å². The van der Waals surface area contributed by atoms with Crippen LogP contribution in [0.1, 0.15) is 11.4 Å². The summed E-state index contributed by atoms with van der Waals surface area (Å²) in [5, 5.41) is 8.88. The largest absolute Gasteiger partial charge is 0.439 e. The molecule has 1 aromatic heterocycles. The van der Waals surface area contributed by atoms with Crippen LogP contribution in [-0.4, -0.2) is 28.8 Å². The number of nitrogens with zero attached hydrogens (tertiary/aromatic N) is 2. The van der Waals surface area contributed by atoms with E-state index in [9.17, 15) is 0 Å². The van der Waals surface area contributed by atoms with Gasteiger partial charge in [-0.3, -0.25) is 0 Å². The zero-order valence-corrected chi connectivity index (χ0v) is 11.7. The summed E-state index contributed by atoms with van der Waals surface area (Å²) < 4.78 is 10.7. The molecule has 0 atom stereocenters. The van der Waals surface area contributed by atoms with Gasteiger partial charge in [0.25, 0.3) is 0 Å². The van der Waals surface area contributed by atoms with Gasteiger partial charge in [0.05, 0.1) is 0 Å². The highest BCUT2D eigenvalue weighted by Gasteiger charge is 2.06.